The van der Waals surface area contributed by atoms with Crippen LogP contribution < -0.4 is 0 Å². The van der Waals surface area contributed by atoms with Crippen LogP contribution in [0, 0.1) is 34.5 Å². The van der Waals surface area contributed by atoms with Gasteiger partial charge in [0, 0.05) is 0 Å². The van der Waals surface area contributed by atoms with Crippen molar-refractivity contribution < 1.29 is 0 Å². The maximum Gasteiger partial charge on any atom is 0.0686 e. The van der Waals surface area contributed by atoms with Gasteiger partial charge >= 0.3 is 0 Å². The second kappa shape index (κ2) is 6.78. The fourth-order valence-corrected chi connectivity index (χ4v) is 4.30. The average Bonchev–Trinajstić information content (AvgIpc) is 2.47. The molecule has 0 atom stereocenters. The molecule has 0 bridgehead atoms. The lowest BCUT2D eigenvalue weighted by atomic mass is 9.65. The highest BCUT2D eigenvalue weighted by atomic mass is 14.4. The summed E-state index contributed by atoms with van der Waals surface area (Å²) in [6.45, 7) is 4.46. The first-order valence-electron chi connectivity index (χ1n) is 8.58. The topological polar surface area (TPSA) is 23.8 Å². The van der Waals surface area contributed by atoms with E-state index in [1.165, 1.54) is 57.8 Å². The molecule has 2 aliphatic carbocycles. The normalized spacial score (nSPS) is 39.7. The molecule has 0 spiro atoms. The van der Waals surface area contributed by atoms with E-state index in [2.05, 4.69) is 19.9 Å². The first kappa shape index (κ1) is 14.9. The molecule has 0 amide bonds. The Kier molecular flexibility index (Phi) is 5.31. The molecule has 0 aromatic carbocycles. The molecule has 2 saturated carbocycles. The van der Waals surface area contributed by atoms with Gasteiger partial charge in [-0.3, -0.25) is 0 Å². The zero-order chi connectivity index (χ0) is 13.7. The van der Waals surface area contributed by atoms with Gasteiger partial charge in [-0.05, 0) is 63.2 Å². The first-order chi connectivity index (χ1) is 9.17. The third kappa shape index (κ3) is 3.98. The second-order valence-electron chi connectivity index (χ2n) is 7.43. The molecule has 2 fully saturated rings. The van der Waals surface area contributed by atoms with Gasteiger partial charge in [-0.2, -0.15) is 5.26 Å². The van der Waals surface area contributed by atoms with Gasteiger partial charge in [-0.25, -0.2) is 0 Å². The Morgan fingerprint density at radius 2 is 1.58 bits per heavy atom. The summed E-state index contributed by atoms with van der Waals surface area (Å²) in [5.74, 6) is 2.96. The summed E-state index contributed by atoms with van der Waals surface area (Å²) in [4.78, 5) is 0. The number of unbranched alkanes of at least 4 members (excludes halogenated alkanes) is 1. The number of nitrogens with zero attached hydrogens (tertiary/aromatic N) is 1. The molecular formula is C18H31N. The number of rotatable bonds is 4. The lowest BCUT2D eigenvalue weighted by Crippen LogP contribution is -2.29. The molecule has 1 nitrogen and oxygen atoms in total. The minimum Gasteiger partial charge on any atom is -0.198 e. The smallest absolute Gasteiger partial charge is 0.0686 e. The van der Waals surface area contributed by atoms with Crippen LogP contribution in [0.25, 0.3) is 0 Å². The van der Waals surface area contributed by atoms with E-state index in [4.69, 9.17) is 0 Å². The van der Waals surface area contributed by atoms with Crippen molar-refractivity contribution in [3.63, 3.8) is 0 Å². The molecule has 0 unspecified atom stereocenters. The quantitative estimate of drug-likeness (QED) is 0.636. The summed E-state index contributed by atoms with van der Waals surface area (Å²) in [6.07, 6.45) is 15.1. The molecule has 0 aromatic rings. The van der Waals surface area contributed by atoms with E-state index in [9.17, 15) is 5.26 Å². The highest BCUT2D eigenvalue weighted by Crippen LogP contribution is 2.45. The predicted octanol–water partition coefficient (Wildman–Crippen LogP) is 5.70. The van der Waals surface area contributed by atoms with Crippen molar-refractivity contribution in [2.75, 3.05) is 0 Å². The minimum absolute atomic E-state index is 0.00513. The van der Waals surface area contributed by atoms with Crippen LogP contribution in [0.3, 0.4) is 0 Å². The van der Waals surface area contributed by atoms with E-state index in [0.29, 0.717) is 0 Å². The summed E-state index contributed by atoms with van der Waals surface area (Å²) in [5, 5.41) is 9.21. The van der Waals surface area contributed by atoms with Crippen molar-refractivity contribution in [3.05, 3.63) is 0 Å². The van der Waals surface area contributed by atoms with Crippen molar-refractivity contribution in [2.45, 2.75) is 84.5 Å². The summed E-state index contributed by atoms with van der Waals surface area (Å²) in [7, 11) is 0. The summed E-state index contributed by atoms with van der Waals surface area (Å²) in [6, 6.07) is 2.53. The Bertz CT molecular complexity index is 298. The standard InChI is InChI=1S/C18H31N/c1-3-4-5-15-6-8-16(9-7-15)17-10-12-18(2,14-19)13-11-17/h15-17H,3-13H2,1-2H3/t15?,16?,17-,18-. The Balaban J connectivity index is 1.73. The lowest BCUT2D eigenvalue weighted by molar-refractivity contribution is 0.128. The predicted molar refractivity (Wildman–Crippen MR) is 80.7 cm³/mol. The van der Waals surface area contributed by atoms with Crippen LogP contribution in [0.4, 0.5) is 0 Å². The molecule has 2 rings (SSSR count). The molecule has 0 heterocycles. The monoisotopic (exact) mass is 261 g/mol. The van der Waals surface area contributed by atoms with Crippen LogP contribution in [0.2, 0.25) is 0 Å². The molecule has 1 heteroatoms. The third-order valence-corrected chi connectivity index (χ3v) is 5.93. The summed E-state index contributed by atoms with van der Waals surface area (Å²) >= 11 is 0. The van der Waals surface area contributed by atoms with Crippen molar-refractivity contribution in [2.24, 2.45) is 23.2 Å². The lowest BCUT2D eigenvalue weighted by Gasteiger charge is -2.39. The maximum absolute atomic E-state index is 9.21. The maximum atomic E-state index is 9.21. The second-order valence-corrected chi connectivity index (χ2v) is 7.43. The van der Waals surface area contributed by atoms with Gasteiger partial charge in [0.05, 0.1) is 11.5 Å². The highest BCUT2D eigenvalue weighted by molar-refractivity contribution is 4.99. The number of hydrogen-bond donors (Lipinski definition) is 0. The van der Waals surface area contributed by atoms with Gasteiger partial charge in [-0.1, -0.05) is 39.0 Å². The van der Waals surface area contributed by atoms with Crippen LogP contribution >= 0.6 is 0 Å². The largest absolute Gasteiger partial charge is 0.198 e. The van der Waals surface area contributed by atoms with E-state index in [0.717, 1.165) is 30.6 Å². The van der Waals surface area contributed by atoms with Crippen LogP contribution in [0.1, 0.15) is 84.5 Å². The molecule has 108 valence electrons. The van der Waals surface area contributed by atoms with E-state index < -0.39 is 0 Å². The Hall–Kier alpha value is -0.510. The van der Waals surface area contributed by atoms with E-state index in [1.807, 2.05) is 0 Å². The van der Waals surface area contributed by atoms with Gasteiger partial charge in [-0.15, -0.1) is 0 Å². The van der Waals surface area contributed by atoms with E-state index in [-0.39, 0.29) is 5.41 Å². The van der Waals surface area contributed by atoms with Crippen molar-refractivity contribution in [1.82, 2.24) is 0 Å². The molecule has 2 aliphatic rings. The van der Waals surface area contributed by atoms with Crippen molar-refractivity contribution in [1.29, 1.82) is 5.26 Å². The molecule has 0 radical (unpaired) electrons. The Morgan fingerprint density at radius 3 is 2.11 bits per heavy atom. The van der Waals surface area contributed by atoms with Gasteiger partial charge in [0.15, 0.2) is 0 Å². The van der Waals surface area contributed by atoms with Crippen molar-refractivity contribution >= 4 is 0 Å². The van der Waals surface area contributed by atoms with Crippen LogP contribution in [-0.4, -0.2) is 0 Å². The molecule has 0 saturated heterocycles. The van der Waals surface area contributed by atoms with E-state index in [1.54, 1.807) is 0 Å². The van der Waals surface area contributed by atoms with Gasteiger partial charge in [0.2, 0.25) is 0 Å². The molecule has 0 aromatic heterocycles. The number of hydrogen-bond acceptors (Lipinski definition) is 1. The zero-order valence-corrected chi connectivity index (χ0v) is 13.0. The van der Waals surface area contributed by atoms with Crippen LogP contribution in [0.5, 0.6) is 0 Å². The Morgan fingerprint density at radius 1 is 1.00 bits per heavy atom. The molecular weight excluding hydrogens is 230 g/mol. The molecule has 0 N–H and O–H groups in total. The van der Waals surface area contributed by atoms with Gasteiger partial charge in [0.25, 0.3) is 0 Å². The molecule has 19 heavy (non-hydrogen) atoms. The number of nitriles is 1. The minimum atomic E-state index is -0.00513. The van der Waals surface area contributed by atoms with Crippen LogP contribution in [0.15, 0.2) is 0 Å². The van der Waals surface area contributed by atoms with E-state index >= 15 is 0 Å². The van der Waals surface area contributed by atoms with Gasteiger partial charge in [0.1, 0.15) is 0 Å². The SMILES string of the molecule is CCCCC1CCC([C@H]2CC[C@](C)(C#N)CC2)CC1. The fraction of sp³-hybridized carbons (Fsp3) is 0.944. The Labute approximate surface area is 119 Å². The van der Waals surface area contributed by atoms with Gasteiger partial charge < -0.3 is 0 Å². The fourth-order valence-electron chi connectivity index (χ4n) is 4.30. The van der Waals surface area contributed by atoms with Crippen molar-refractivity contribution in [3.8, 4) is 6.07 Å². The molecule has 0 aliphatic heterocycles. The third-order valence-electron chi connectivity index (χ3n) is 5.93. The van der Waals surface area contributed by atoms with Crippen LogP contribution in [-0.2, 0) is 0 Å². The first-order valence-corrected chi connectivity index (χ1v) is 8.58. The summed E-state index contributed by atoms with van der Waals surface area (Å²) in [5.41, 5.74) is -0.00513. The highest BCUT2D eigenvalue weighted by Gasteiger charge is 2.35. The zero-order valence-electron chi connectivity index (χ0n) is 13.0. The average molecular weight is 261 g/mol. The summed E-state index contributed by atoms with van der Waals surface area (Å²) < 4.78 is 0.